The highest BCUT2D eigenvalue weighted by atomic mass is 32.2. The van der Waals surface area contributed by atoms with Crippen LogP contribution in [0.1, 0.15) is 43.9 Å². The van der Waals surface area contributed by atoms with E-state index in [4.69, 9.17) is 9.47 Å². The number of thioether (sulfide) groups is 1. The number of nitrogens with zero attached hydrogens (tertiary/aromatic N) is 1. The first kappa shape index (κ1) is 29.3. The van der Waals surface area contributed by atoms with Gasteiger partial charge in [0.1, 0.15) is 12.2 Å². The van der Waals surface area contributed by atoms with Gasteiger partial charge in [0.25, 0.3) is 0 Å². The van der Waals surface area contributed by atoms with Crippen LogP contribution in [0.2, 0.25) is 0 Å². The first-order valence-electron chi connectivity index (χ1n) is 13.1. The van der Waals surface area contributed by atoms with E-state index in [0.29, 0.717) is 13.0 Å². The highest BCUT2D eigenvalue weighted by Gasteiger charge is 2.45. The van der Waals surface area contributed by atoms with Crippen LogP contribution in [0.3, 0.4) is 0 Å². The lowest BCUT2D eigenvalue weighted by molar-refractivity contribution is -0.160. The Morgan fingerprint density at radius 1 is 0.872 bits per heavy atom. The predicted octanol–water partition coefficient (Wildman–Crippen LogP) is 5.47. The summed E-state index contributed by atoms with van der Waals surface area (Å²) in [4.78, 5) is 12.2. The summed E-state index contributed by atoms with van der Waals surface area (Å²) < 4.78 is 37.6. The average molecular weight is 568 g/mol. The first-order valence-corrected chi connectivity index (χ1v) is 15.8. The Morgan fingerprint density at radius 2 is 1.33 bits per heavy atom. The number of sulfonamides is 1. The third-order valence-electron chi connectivity index (χ3n) is 6.59. The number of rotatable bonds is 10. The molecule has 8 heteroatoms. The Morgan fingerprint density at radius 3 is 1.74 bits per heavy atom. The van der Waals surface area contributed by atoms with Crippen LogP contribution in [0, 0.1) is 0 Å². The number of benzene rings is 3. The van der Waals surface area contributed by atoms with Crippen LogP contribution in [0.25, 0.3) is 0 Å². The molecule has 6 nitrogen and oxygen atoms in total. The number of ether oxygens (including phenoxy) is 2. The van der Waals surface area contributed by atoms with Gasteiger partial charge in [-0.3, -0.25) is 0 Å². The van der Waals surface area contributed by atoms with Crippen molar-refractivity contribution in [3.8, 4) is 0 Å². The van der Waals surface area contributed by atoms with Crippen LogP contribution in [0.4, 0.5) is 0 Å². The molecule has 2 atom stereocenters. The highest BCUT2D eigenvalue weighted by molar-refractivity contribution is 8.01. The maximum absolute atomic E-state index is 12.8. The largest absolute Gasteiger partial charge is 0.458 e. The molecule has 1 aliphatic heterocycles. The molecule has 3 aromatic carbocycles. The lowest BCUT2D eigenvalue weighted by Gasteiger charge is -2.37. The molecule has 0 aliphatic carbocycles. The van der Waals surface area contributed by atoms with E-state index >= 15 is 0 Å². The number of carbonyl (C=O) groups is 1. The molecule has 1 saturated heterocycles. The fourth-order valence-corrected chi connectivity index (χ4v) is 8.21. The minimum Gasteiger partial charge on any atom is -0.458 e. The van der Waals surface area contributed by atoms with Crippen LogP contribution in [-0.4, -0.2) is 61.6 Å². The van der Waals surface area contributed by atoms with Crippen molar-refractivity contribution in [1.29, 1.82) is 0 Å². The van der Waals surface area contributed by atoms with Gasteiger partial charge < -0.3 is 9.47 Å². The summed E-state index contributed by atoms with van der Waals surface area (Å²) >= 11 is 1.78. The summed E-state index contributed by atoms with van der Waals surface area (Å²) in [6, 6.07) is 30.7. The van der Waals surface area contributed by atoms with Crippen molar-refractivity contribution in [2.45, 2.75) is 48.8 Å². The van der Waals surface area contributed by atoms with Crippen LogP contribution < -0.4 is 0 Å². The van der Waals surface area contributed by atoms with E-state index in [1.54, 1.807) is 32.5 Å². The highest BCUT2D eigenvalue weighted by Crippen LogP contribution is 2.52. The first-order chi connectivity index (χ1) is 18.5. The molecule has 0 aromatic heterocycles. The van der Waals surface area contributed by atoms with Gasteiger partial charge in [0.15, 0.2) is 0 Å². The van der Waals surface area contributed by atoms with Crippen LogP contribution in [0.15, 0.2) is 91.0 Å². The maximum atomic E-state index is 12.8. The van der Waals surface area contributed by atoms with E-state index in [9.17, 15) is 13.2 Å². The zero-order valence-electron chi connectivity index (χ0n) is 22.9. The Balaban J connectivity index is 1.65. The minimum atomic E-state index is -3.49. The quantitative estimate of drug-likeness (QED) is 0.239. The lowest BCUT2D eigenvalue weighted by Crippen LogP contribution is -2.38. The summed E-state index contributed by atoms with van der Waals surface area (Å²) in [7, 11) is -3.49. The summed E-state index contributed by atoms with van der Waals surface area (Å²) in [5.41, 5.74) is 2.78. The van der Waals surface area contributed by atoms with E-state index in [2.05, 4.69) is 36.4 Å². The van der Waals surface area contributed by atoms with Crippen LogP contribution >= 0.6 is 11.8 Å². The summed E-state index contributed by atoms with van der Waals surface area (Å²) in [6.07, 6.45) is 1.83. The van der Waals surface area contributed by atoms with Gasteiger partial charge in [0.05, 0.1) is 17.6 Å². The predicted molar refractivity (Wildman–Crippen MR) is 157 cm³/mol. The van der Waals surface area contributed by atoms with Crippen molar-refractivity contribution >= 4 is 27.8 Å². The molecule has 39 heavy (non-hydrogen) atoms. The Labute approximate surface area is 236 Å². The van der Waals surface area contributed by atoms with E-state index in [-0.39, 0.29) is 24.5 Å². The van der Waals surface area contributed by atoms with Gasteiger partial charge in [-0.25, -0.2) is 13.2 Å². The molecule has 4 rings (SSSR count). The van der Waals surface area contributed by atoms with Gasteiger partial charge >= 0.3 is 5.97 Å². The molecule has 0 amide bonds. The zero-order chi connectivity index (χ0) is 28.1. The smallest absolute Gasteiger partial charge is 0.332 e. The second-order valence-electron chi connectivity index (χ2n) is 10.8. The van der Waals surface area contributed by atoms with E-state index in [1.807, 2.05) is 54.6 Å². The Kier molecular flexibility index (Phi) is 9.21. The molecule has 0 bridgehead atoms. The molecule has 208 valence electrons. The lowest BCUT2D eigenvalue weighted by atomic mass is 9.84. The number of carbonyl (C=O) groups excluding carboxylic acids is 1. The van der Waals surface area contributed by atoms with Crippen molar-refractivity contribution in [2.24, 2.45) is 0 Å². The van der Waals surface area contributed by atoms with Gasteiger partial charge in [-0.05, 0) is 43.9 Å². The molecule has 1 heterocycles. The fraction of sp³-hybridized carbons (Fsp3) is 0.387. The summed E-state index contributed by atoms with van der Waals surface area (Å²) in [5, 5.41) is -0.0181. The second-order valence-corrected chi connectivity index (χ2v) is 14.3. The van der Waals surface area contributed by atoms with E-state index in [1.165, 1.54) is 10.6 Å². The molecule has 0 N–H and O–H groups in total. The van der Waals surface area contributed by atoms with Crippen molar-refractivity contribution < 1.29 is 22.7 Å². The van der Waals surface area contributed by atoms with E-state index < -0.39 is 26.3 Å². The summed E-state index contributed by atoms with van der Waals surface area (Å²) in [5.74, 6) is -0.464. The SMILES string of the molecule is CC(C)(C)OC(=O)COC[C@@H]1C[C@@H](SC(c2ccccc2)(c2ccccc2)c2ccccc2)CN1S(C)(=O)=O. The van der Waals surface area contributed by atoms with Gasteiger partial charge in [-0.15, -0.1) is 11.8 Å². The standard InChI is InChI=1S/C31H37NO5S2/c1-30(2,3)37-29(33)23-36-22-27-20-28(21-32(27)39(4,34)35)38-31(24-14-8-5-9-15-24,25-16-10-6-11-17-25)26-18-12-7-13-19-26/h5-19,27-28H,20-23H2,1-4H3/t27-,28+/m0/s1. The van der Waals surface area contributed by atoms with Gasteiger partial charge in [0, 0.05) is 17.8 Å². The van der Waals surface area contributed by atoms with Crippen molar-refractivity contribution in [2.75, 3.05) is 26.0 Å². The third-order valence-corrected chi connectivity index (χ3v) is 9.62. The van der Waals surface area contributed by atoms with Crippen LogP contribution in [0.5, 0.6) is 0 Å². The minimum absolute atomic E-state index is 0.0181. The van der Waals surface area contributed by atoms with Crippen molar-refractivity contribution in [1.82, 2.24) is 4.31 Å². The topological polar surface area (TPSA) is 72.9 Å². The second kappa shape index (κ2) is 12.3. The van der Waals surface area contributed by atoms with Crippen molar-refractivity contribution in [3.63, 3.8) is 0 Å². The monoisotopic (exact) mass is 567 g/mol. The zero-order valence-corrected chi connectivity index (χ0v) is 24.6. The molecule has 1 fully saturated rings. The molecule has 0 saturated carbocycles. The molecule has 0 unspecified atom stereocenters. The maximum Gasteiger partial charge on any atom is 0.332 e. The van der Waals surface area contributed by atoms with Gasteiger partial charge in [-0.1, -0.05) is 91.0 Å². The molecule has 0 spiro atoms. The average Bonchev–Trinajstić information content (AvgIpc) is 3.31. The molecule has 3 aromatic rings. The van der Waals surface area contributed by atoms with Crippen molar-refractivity contribution in [3.05, 3.63) is 108 Å². The summed E-state index contributed by atoms with van der Waals surface area (Å²) in [6.45, 7) is 5.66. The third kappa shape index (κ3) is 7.31. The molecule has 1 aliphatic rings. The normalized spacial score (nSPS) is 18.7. The number of hydrogen-bond donors (Lipinski definition) is 0. The molecular weight excluding hydrogens is 530 g/mol. The number of esters is 1. The van der Waals surface area contributed by atoms with Gasteiger partial charge in [0.2, 0.25) is 10.0 Å². The van der Waals surface area contributed by atoms with Crippen LogP contribution in [-0.2, 0) is 29.0 Å². The Bertz CT molecular complexity index is 1230. The van der Waals surface area contributed by atoms with Gasteiger partial charge in [-0.2, -0.15) is 4.31 Å². The fourth-order valence-electron chi connectivity index (χ4n) is 5.11. The molecular formula is C31H37NO5S2. The number of hydrogen-bond acceptors (Lipinski definition) is 6. The Hall–Kier alpha value is -2.65. The molecule has 0 radical (unpaired) electrons. The van der Waals surface area contributed by atoms with E-state index in [0.717, 1.165) is 16.7 Å².